The molecule has 138 valence electrons. The SMILES string of the molecule is CC(C)OC(=O)N=NC(=O)OC(C)C.Cc1ccc(C)c([N+](=O)[O-])c1. The predicted octanol–water partition coefficient (Wildman–Crippen LogP) is 4.74. The van der Waals surface area contributed by atoms with Gasteiger partial charge in [0.05, 0.1) is 17.1 Å². The van der Waals surface area contributed by atoms with E-state index in [4.69, 9.17) is 0 Å². The summed E-state index contributed by atoms with van der Waals surface area (Å²) in [5.41, 5.74) is 1.83. The number of nitro groups is 1. The molecule has 0 fully saturated rings. The van der Waals surface area contributed by atoms with Crippen molar-refractivity contribution in [3.05, 3.63) is 39.4 Å². The highest BCUT2D eigenvalue weighted by atomic mass is 16.6. The summed E-state index contributed by atoms with van der Waals surface area (Å²) in [6.07, 6.45) is -2.38. The van der Waals surface area contributed by atoms with Gasteiger partial charge in [-0.1, -0.05) is 22.4 Å². The normalized spacial score (nSPS) is 10.4. The first-order valence-electron chi connectivity index (χ1n) is 7.57. The molecular weight excluding hydrogens is 330 g/mol. The van der Waals surface area contributed by atoms with Crippen LogP contribution in [-0.2, 0) is 9.47 Å². The lowest BCUT2D eigenvalue weighted by atomic mass is 10.1. The van der Waals surface area contributed by atoms with Crippen molar-refractivity contribution >= 4 is 17.9 Å². The zero-order valence-electron chi connectivity index (χ0n) is 15.2. The molecule has 0 bridgehead atoms. The molecule has 25 heavy (non-hydrogen) atoms. The van der Waals surface area contributed by atoms with E-state index in [-0.39, 0.29) is 22.8 Å². The summed E-state index contributed by atoms with van der Waals surface area (Å²) in [6.45, 7) is 10.2. The second kappa shape index (κ2) is 10.8. The Morgan fingerprint density at radius 3 is 1.76 bits per heavy atom. The van der Waals surface area contributed by atoms with Gasteiger partial charge >= 0.3 is 12.2 Å². The number of nitro benzene ring substituents is 1. The Morgan fingerprint density at radius 1 is 1.00 bits per heavy atom. The fourth-order valence-corrected chi connectivity index (χ4v) is 1.45. The van der Waals surface area contributed by atoms with Crippen molar-refractivity contribution in [1.29, 1.82) is 0 Å². The van der Waals surface area contributed by atoms with E-state index in [1.54, 1.807) is 46.8 Å². The molecular formula is C16H23N3O6. The monoisotopic (exact) mass is 353 g/mol. The van der Waals surface area contributed by atoms with Crippen molar-refractivity contribution in [3.8, 4) is 0 Å². The van der Waals surface area contributed by atoms with E-state index in [2.05, 4.69) is 19.7 Å². The minimum atomic E-state index is -0.902. The number of ether oxygens (including phenoxy) is 2. The fraction of sp³-hybridized carbons (Fsp3) is 0.500. The number of carbonyl (C=O) groups is 2. The second-order valence-electron chi connectivity index (χ2n) is 5.61. The quantitative estimate of drug-likeness (QED) is 0.439. The van der Waals surface area contributed by atoms with Crippen molar-refractivity contribution in [3.63, 3.8) is 0 Å². The van der Waals surface area contributed by atoms with Crippen molar-refractivity contribution in [2.45, 2.75) is 53.8 Å². The maximum Gasteiger partial charge on any atom is 0.452 e. The van der Waals surface area contributed by atoms with Crippen LogP contribution in [0.1, 0.15) is 38.8 Å². The molecule has 0 radical (unpaired) electrons. The van der Waals surface area contributed by atoms with Gasteiger partial charge in [0, 0.05) is 11.6 Å². The van der Waals surface area contributed by atoms with Gasteiger partial charge in [-0.25, -0.2) is 9.59 Å². The molecule has 0 aliphatic carbocycles. The molecule has 0 atom stereocenters. The van der Waals surface area contributed by atoms with Gasteiger partial charge in [0.25, 0.3) is 5.69 Å². The summed E-state index contributed by atoms with van der Waals surface area (Å²) in [5, 5.41) is 16.4. The number of benzene rings is 1. The van der Waals surface area contributed by atoms with Gasteiger partial charge in [-0.05, 0) is 47.1 Å². The Labute approximate surface area is 146 Å². The van der Waals surface area contributed by atoms with Crippen LogP contribution in [0.2, 0.25) is 0 Å². The summed E-state index contributed by atoms with van der Waals surface area (Å²) in [4.78, 5) is 31.5. The van der Waals surface area contributed by atoms with E-state index < -0.39 is 12.2 Å². The number of hydrogen-bond acceptors (Lipinski definition) is 6. The molecule has 9 heteroatoms. The largest absolute Gasteiger partial charge is 0.452 e. The zero-order chi connectivity index (χ0) is 19.6. The zero-order valence-corrected chi connectivity index (χ0v) is 15.2. The molecule has 0 saturated heterocycles. The van der Waals surface area contributed by atoms with Crippen molar-refractivity contribution in [2.75, 3.05) is 0 Å². The van der Waals surface area contributed by atoms with E-state index in [0.717, 1.165) is 5.56 Å². The van der Waals surface area contributed by atoms with Crippen LogP contribution in [0.4, 0.5) is 15.3 Å². The molecule has 0 aliphatic heterocycles. The average Bonchev–Trinajstić information content (AvgIpc) is 2.47. The molecule has 0 unspecified atom stereocenters. The lowest BCUT2D eigenvalue weighted by Gasteiger charge is -2.03. The number of rotatable bonds is 3. The molecule has 1 rings (SSSR count). The van der Waals surface area contributed by atoms with E-state index >= 15 is 0 Å². The highest BCUT2D eigenvalue weighted by Gasteiger charge is 2.08. The van der Waals surface area contributed by atoms with Gasteiger partial charge < -0.3 is 9.47 Å². The Balaban J connectivity index is 0.000000472. The Morgan fingerprint density at radius 2 is 1.44 bits per heavy atom. The third-order valence-electron chi connectivity index (χ3n) is 2.45. The van der Waals surface area contributed by atoms with Crippen LogP contribution in [0, 0.1) is 24.0 Å². The highest BCUT2D eigenvalue weighted by molar-refractivity contribution is 5.73. The van der Waals surface area contributed by atoms with E-state index in [0.29, 0.717) is 5.56 Å². The van der Waals surface area contributed by atoms with Gasteiger partial charge in [-0.15, -0.1) is 0 Å². The number of azo groups is 1. The third kappa shape index (κ3) is 10.5. The molecule has 1 aromatic carbocycles. The van der Waals surface area contributed by atoms with Crippen molar-refractivity contribution < 1.29 is 24.0 Å². The van der Waals surface area contributed by atoms with Gasteiger partial charge in [0.15, 0.2) is 0 Å². The molecule has 0 N–H and O–H groups in total. The second-order valence-corrected chi connectivity index (χ2v) is 5.61. The molecule has 0 spiro atoms. The maximum atomic E-state index is 10.8. The van der Waals surface area contributed by atoms with Crippen molar-refractivity contribution in [1.82, 2.24) is 0 Å². The van der Waals surface area contributed by atoms with Crippen LogP contribution >= 0.6 is 0 Å². The number of nitrogens with zero attached hydrogens (tertiary/aromatic N) is 3. The Bertz CT molecular complexity index is 617. The van der Waals surface area contributed by atoms with Gasteiger partial charge in [0.2, 0.25) is 0 Å². The first-order valence-corrected chi connectivity index (χ1v) is 7.57. The molecule has 0 aromatic heterocycles. The van der Waals surface area contributed by atoms with Crippen LogP contribution in [0.15, 0.2) is 28.4 Å². The predicted molar refractivity (Wildman–Crippen MR) is 90.7 cm³/mol. The van der Waals surface area contributed by atoms with Crippen LogP contribution in [0.5, 0.6) is 0 Å². The maximum absolute atomic E-state index is 10.8. The number of carbonyl (C=O) groups excluding carboxylic acids is 2. The van der Waals surface area contributed by atoms with Crippen LogP contribution in [-0.4, -0.2) is 29.3 Å². The van der Waals surface area contributed by atoms with Crippen molar-refractivity contribution in [2.24, 2.45) is 10.2 Å². The van der Waals surface area contributed by atoms with Crippen LogP contribution in [0.25, 0.3) is 0 Å². The average molecular weight is 353 g/mol. The molecule has 0 aliphatic rings. The third-order valence-corrected chi connectivity index (χ3v) is 2.45. The van der Waals surface area contributed by atoms with Crippen LogP contribution < -0.4 is 0 Å². The lowest BCUT2D eigenvalue weighted by molar-refractivity contribution is -0.385. The van der Waals surface area contributed by atoms with E-state index in [9.17, 15) is 19.7 Å². The summed E-state index contributed by atoms with van der Waals surface area (Å²) >= 11 is 0. The highest BCUT2D eigenvalue weighted by Crippen LogP contribution is 2.18. The molecule has 2 amide bonds. The lowest BCUT2D eigenvalue weighted by Crippen LogP contribution is -2.09. The summed E-state index contributed by atoms with van der Waals surface area (Å²) < 4.78 is 9.20. The minimum absolute atomic E-state index is 0.199. The van der Waals surface area contributed by atoms with Gasteiger partial charge in [0.1, 0.15) is 0 Å². The molecule has 1 aromatic rings. The fourth-order valence-electron chi connectivity index (χ4n) is 1.45. The van der Waals surface area contributed by atoms with Gasteiger partial charge in [-0.2, -0.15) is 0 Å². The van der Waals surface area contributed by atoms with E-state index in [1.165, 1.54) is 0 Å². The first kappa shape index (κ1) is 22.2. The number of hydrogen-bond donors (Lipinski definition) is 0. The molecule has 0 heterocycles. The summed E-state index contributed by atoms with van der Waals surface area (Å²) in [7, 11) is 0. The van der Waals surface area contributed by atoms with E-state index in [1.807, 2.05) is 13.0 Å². The number of aryl methyl sites for hydroxylation is 2. The summed E-state index contributed by atoms with van der Waals surface area (Å²) in [5.74, 6) is 0. The number of amides is 2. The Kier molecular flexibility index (Phi) is 9.61. The first-order chi connectivity index (χ1) is 11.5. The standard InChI is InChI=1S/C8H14N2O4.C8H9NO2/c1-5(2)13-7(11)9-10-8(12)14-6(3)4;1-6-3-4-7(2)8(5-6)9(10)11/h5-6H,1-4H3;3-5H,1-2H3. The smallest absolute Gasteiger partial charge is 0.444 e. The Hall–Kier alpha value is -2.84. The summed E-state index contributed by atoms with van der Waals surface area (Å²) in [6, 6.07) is 5.20. The topological polar surface area (TPSA) is 120 Å². The minimum Gasteiger partial charge on any atom is -0.444 e. The molecule has 9 nitrogen and oxygen atoms in total. The van der Waals surface area contributed by atoms with Gasteiger partial charge in [-0.3, -0.25) is 10.1 Å². The van der Waals surface area contributed by atoms with Crippen LogP contribution in [0.3, 0.4) is 0 Å². The molecule has 0 saturated carbocycles.